The highest BCUT2D eigenvalue weighted by Crippen LogP contribution is 2.21. The molecule has 0 spiro atoms. The lowest BCUT2D eigenvalue weighted by atomic mass is 10.1. The molecule has 0 amide bonds. The van der Waals surface area contributed by atoms with E-state index in [1.54, 1.807) is 0 Å². The average molecular weight is 333 g/mol. The van der Waals surface area contributed by atoms with Crippen molar-refractivity contribution in [2.24, 2.45) is 5.73 Å². The van der Waals surface area contributed by atoms with Crippen molar-refractivity contribution in [1.29, 1.82) is 0 Å². The highest BCUT2D eigenvalue weighted by Gasteiger charge is 2.37. The van der Waals surface area contributed by atoms with Gasteiger partial charge in [0.25, 0.3) is 0 Å². The molecule has 0 saturated carbocycles. The lowest BCUT2D eigenvalue weighted by Crippen LogP contribution is -2.44. The van der Waals surface area contributed by atoms with Crippen LogP contribution < -0.4 is 5.73 Å². The summed E-state index contributed by atoms with van der Waals surface area (Å²) in [4.78, 5) is 2.02. The molecule has 4 nitrogen and oxygen atoms in total. The van der Waals surface area contributed by atoms with E-state index in [4.69, 9.17) is 5.73 Å². The van der Waals surface area contributed by atoms with Gasteiger partial charge >= 0.3 is 0 Å². The minimum absolute atomic E-state index is 0.0952. The summed E-state index contributed by atoms with van der Waals surface area (Å²) in [5.74, 6) is 0.257. The second-order valence-corrected chi connectivity index (χ2v) is 7.82. The molecule has 1 aromatic rings. The fourth-order valence-corrected chi connectivity index (χ4v) is 4.70. The molecular formula is C12H17BrN2O2S. The van der Waals surface area contributed by atoms with Crippen LogP contribution in [0.2, 0.25) is 0 Å². The molecule has 1 aliphatic rings. The van der Waals surface area contributed by atoms with Crippen molar-refractivity contribution in [2.45, 2.75) is 18.6 Å². The highest BCUT2D eigenvalue weighted by molar-refractivity contribution is 9.10. The quantitative estimate of drug-likeness (QED) is 0.897. The fourth-order valence-electron chi connectivity index (χ4n) is 2.32. The van der Waals surface area contributed by atoms with E-state index >= 15 is 0 Å². The van der Waals surface area contributed by atoms with Crippen LogP contribution in [-0.4, -0.2) is 44.0 Å². The van der Waals surface area contributed by atoms with E-state index in [0.717, 1.165) is 10.0 Å². The van der Waals surface area contributed by atoms with Crippen molar-refractivity contribution in [2.75, 3.05) is 18.6 Å². The standard InChI is InChI=1S/C12H17BrN2O2S/c1-15(6-9-4-2-3-5-10(9)13)12-8-18(16,17)7-11(12)14/h2-5,11-12H,6-8,14H2,1H3. The van der Waals surface area contributed by atoms with Crippen molar-refractivity contribution < 1.29 is 8.42 Å². The van der Waals surface area contributed by atoms with E-state index in [-0.39, 0.29) is 23.6 Å². The molecule has 1 saturated heterocycles. The van der Waals surface area contributed by atoms with Gasteiger partial charge in [0.1, 0.15) is 0 Å². The van der Waals surface area contributed by atoms with Gasteiger partial charge in [0.15, 0.2) is 9.84 Å². The Morgan fingerprint density at radius 3 is 2.61 bits per heavy atom. The highest BCUT2D eigenvalue weighted by atomic mass is 79.9. The number of benzene rings is 1. The zero-order valence-electron chi connectivity index (χ0n) is 10.2. The normalized spacial score (nSPS) is 26.7. The molecule has 0 radical (unpaired) electrons. The van der Waals surface area contributed by atoms with E-state index < -0.39 is 9.84 Å². The minimum atomic E-state index is -2.97. The van der Waals surface area contributed by atoms with Crippen molar-refractivity contribution in [1.82, 2.24) is 4.90 Å². The van der Waals surface area contributed by atoms with E-state index in [1.807, 2.05) is 36.2 Å². The van der Waals surface area contributed by atoms with Crippen LogP contribution in [0.15, 0.2) is 28.7 Å². The van der Waals surface area contributed by atoms with Crippen molar-refractivity contribution in [3.8, 4) is 0 Å². The van der Waals surface area contributed by atoms with Crippen LogP contribution in [0.4, 0.5) is 0 Å². The molecular weight excluding hydrogens is 316 g/mol. The summed E-state index contributed by atoms with van der Waals surface area (Å²) in [5.41, 5.74) is 7.05. The Morgan fingerprint density at radius 2 is 2.06 bits per heavy atom. The van der Waals surface area contributed by atoms with Gasteiger partial charge in [-0.1, -0.05) is 34.1 Å². The Morgan fingerprint density at radius 1 is 1.39 bits per heavy atom. The maximum absolute atomic E-state index is 11.6. The van der Waals surface area contributed by atoms with Crippen LogP contribution >= 0.6 is 15.9 Å². The van der Waals surface area contributed by atoms with Crippen LogP contribution in [0, 0.1) is 0 Å². The van der Waals surface area contributed by atoms with Gasteiger partial charge in [0.2, 0.25) is 0 Å². The minimum Gasteiger partial charge on any atom is -0.325 e. The first-order valence-corrected chi connectivity index (χ1v) is 8.40. The molecule has 0 bridgehead atoms. The van der Waals surface area contributed by atoms with Gasteiger partial charge in [-0.15, -0.1) is 0 Å². The first-order chi connectivity index (χ1) is 8.39. The van der Waals surface area contributed by atoms with Gasteiger partial charge in [-0.3, -0.25) is 4.90 Å². The van der Waals surface area contributed by atoms with Crippen LogP contribution in [0.1, 0.15) is 5.56 Å². The van der Waals surface area contributed by atoms with E-state index in [9.17, 15) is 8.42 Å². The lowest BCUT2D eigenvalue weighted by molar-refractivity contribution is 0.236. The predicted molar refractivity (Wildman–Crippen MR) is 76.0 cm³/mol. The lowest BCUT2D eigenvalue weighted by Gasteiger charge is -2.26. The Bertz CT molecular complexity index is 533. The van der Waals surface area contributed by atoms with Crippen LogP contribution in [0.5, 0.6) is 0 Å². The molecule has 6 heteroatoms. The number of halogens is 1. The zero-order valence-corrected chi connectivity index (χ0v) is 12.6. The maximum atomic E-state index is 11.6. The second-order valence-electron chi connectivity index (χ2n) is 4.81. The first kappa shape index (κ1) is 14.0. The first-order valence-electron chi connectivity index (χ1n) is 5.79. The summed E-state index contributed by atoms with van der Waals surface area (Å²) in [5, 5.41) is 0. The number of nitrogens with zero attached hydrogens (tertiary/aromatic N) is 1. The maximum Gasteiger partial charge on any atom is 0.153 e. The van der Waals surface area contributed by atoms with Crippen LogP contribution in [-0.2, 0) is 16.4 Å². The third-order valence-electron chi connectivity index (χ3n) is 3.31. The molecule has 2 unspecified atom stereocenters. The van der Waals surface area contributed by atoms with E-state index in [1.165, 1.54) is 0 Å². The van der Waals surface area contributed by atoms with E-state index in [2.05, 4.69) is 15.9 Å². The Balaban J connectivity index is 2.09. The number of hydrogen-bond donors (Lipinski definition) is 1. The molecule has 2 rings (SSSR count). The molecule has 1 fully saturated rings. The largest absolute Gasteiger partial charge is 0.325 e. The van der Waals surface area contributed by atoms with Crippen molar-refractivity contribution in [3.63, 3.8) is 0 Å². The molecule has 18 heavy (non-hydrogen) atoms. The van der Waals surface area contributed by atoms with Gasteiger partial charge in [-0.25, -0.2) is 8.42 Å². The van der Waals surface area contributed by atoms with E-state index in [0.29, 0.717) is 6.54 Å². The summed E-state index contributed by atoms with van der Waals surface area (Å²) < 4.78 is 24.2. The van der Waals surface area contributed by atoms with Gasteiger partial charge in [-0.2, -0.15) is 0 Å². The molecule has 1 heterocycles. The second kappa shape index (κ2) is 5.28. The molecule has 2 N–H and O–H groups in total. The third-order valence-corrected chi connectivity index (χ3v) is 5.82. The predicted octanol–water partition coefficient (Wildman–Crippen LogP) is 1.01. The molecule has 100 valence electrons. The number of rotatable bonds is 3. The molecule has 1 aliphatic heterocycles. The smallest absolute Gasteiger partial charge is 0.153 e. The summed E-state index contributed by atoms with van der Waals surface area (Å²) in [6, 6.07) is 7.55. The Labute approximate surface area is 116 Å². The Kier molecular flexibility index (Phi) is 4.11. The van der Waals surface area contributed by atoms with Gasteiger partial charge in [0, 0.05) is 23.1 Å². The summed E-state index contributed by atoms with van der Waals surface area (Å²) in [6.07, 6.45) is 0. The zero-order chi connectivity index (χ0) is 13.3. The monoisotopic (exact) mass is 332 g/mol. The van der Waals surface area contributed by atoms with Crippen molar-refractivity contribution >= 4 is 25.8 Å². The number of sulfone groups is 1. The van der Waals surface area contributed by atoms with Gasteiger partial charge < -0.3 is 5.73 Å². The number of hydrogen-bond acceptors (Lipinski definition) is 4. The van der Waals surface area contributed by atoms with Crippen molar-refractivity contribution in [3.05, 3.63) is 34.3 Å². The van der Waals surface area contributed by atoms with Gasteiger partial charge in [0.05, 0.1) is 11.5 Å². The molecule has 0 aromatic heterocycles. The number of likely N-dealkylation sites (N-methyl/N-ethyl adjacent to an activating group) is 1. The molecule has 2 atom stereocenters. The van der Waals surface area contributed by atoms with Gasteiger partial charge in [-0.05, 0) is 18.7 Å². The number of nitrogens with two attached hydrogens (primary N) is 1. The average Bonchev–Trinajstić information content (AvgIpc) is 2.55. The Hall–Kier alpha value is -0.430. The fraction of sp³-hybridized carbons (Fsp3) is 0.500. The molecule has 1 aromatic carbocycles. The topological polar surface area (TPSA) is 63.4 Å². The summed E-state index contributed by atoms with van der Waals surface area (Å²) >= 11 is 3.49. The van der Waals surface area contributed by atoms with Crippen LogP contribution in [0.3, 0.4) is 0 Å². The summed E-state index contributed by atoms with van der Waals surface area (Å²) in [7, 11) is -1.05. The third kappa shape index (κ3) is 3.12. The summed E-state index contributed by atoms with van der Waals surface area (Å²) in [6.45, 7) is 0.690. The SMILES string of the molecule is CN(Cc1ccccc1Br)C1CS(=O)(=O)CC1N. The molecule has 0 aliphatic carbocycles. The van der Waals surface area contributed by atoms with Crippen LogP contribution in [0.25, 0.3) is 0 Å².